The average molecular weight is 225 g/mol. The topological polar surface area (TPSA) is 70.1 Å². The van der Waals surface area contributed by atoms with Crippen LogP contribution in [0, 0.1) is 12.8 Å². The fourth-order valence-corrected chi connectivity index (χ4v) is 1.17. The van der Waals surface area contributed by atoms with E-state index in [0.717, 1.165) is 5.56 Å². The van der Waals surface area contributed by atoms with Gasteiger partial charge in [-0.3, -0.25) is 4.68 Å². The molecule has 0 aliphatic heterocycles. The van der Waals surface area contributed by atoms with Crippen molar-refractivity contribution in [3.63, 3.8) is 0 Å². The molecule has 5 nitrogen and oxygen atoms in total. The lowest BCUT2D eigenvalue weighted by Gasteiger charge is -2.13. The Hall–Kier alpha value is -1.52. The molecule has 0 aliphatic rings. The molecule has 0 saturated carbocycles. The van der Waals surface area contributed by atoms with Gasteiger partial charge >= 0.3 is 5.97 Å². The molecule has 1 rings (SSSR count). The lowest BCUT2D eigenvalue weighted by atomic mass is 10.2. The van der Waals surface area contributed by atoms with Crippen LogP contribution in [-0.4, -0.2) is 22.4 Å². The summed E-state index contributed by atoms with van der Waals surface area (Å²) < 4.78 is 6.66. The molecule has 90 valence electrons. The summed E-state index contributed by atoms with van der Waals surface area (Å²) in [5.41, 5.74) is 6.48. The molecule has 0 bridgehead atoms. The molecule has 2 N–H and O–H groups in total. The Labute approximate surface area is 95.6 Å². The number of hydrogen-bond acceptors (Lipinski definition) is 4. The Kier molecular flexibility index (Phi) is 3.93. The van der Waals surface area contributed by atoms with Gasteiger partial charge in [0.1, 0.15) is 11.9 Å². The van der Waals surface area contributed by atoms with E-state index >= 15 is 0 Å². The molecule has 0 fully saturated rings. The van der Waals surface area contributed by atoms with E-state index in [2.05, 4.69) is 5.10 Å². The molecular weight excluding hydrogens is 206 g/mol. The van der Waals surface area contributed by atoms with E-state index in [0.29, 0.717) is 18.3 Å². The number of carbonyl (C=O) groups excluding carboxylic acids is 1. The van der Waals surface area contributed by atoms with Crippen LogP contribution in [0.5, 0.6) is 0 Å². The van der Waals surface area contributed by atoms with Crippen molar-refractivity contribution in [2.24, 2.45) is 5.92 Å². The monoisotopic (exact) mass is 225 g/mol. The van der Waals surface area contributed by atoms with Crippen molar-refractivity contribution in [3.05, 3.63) is 11.8 Å². The summed E-state index contributed by atoms with van der Waals surface area (Å²) in [5, 5.41) is 4.05. The number of aryl methyl sites for hydroxylation is 1. The minimum Gasteiger partial charge on any atom is -0.464 e. The van der Waals surface area contributed by atoms with Crippen molar-refractivity contribution in [3.8, 4) is 0 Å². The fourth-order valence-electron chi connectivity index (χ4n) is 1.17. The first-order chi connectivity index (χ1) is 7.41. The summed E-state index contributed by atoms with van der Waals surface area (Å²) in [6, 6.07) is -0.435. The number of hydrogen-bond donors (Lipinski definition) is 1. The van der Waals surface area contributed by atoms with Gasteiger partial charge in [0.05, 0.1) is 6.61 Å². The van der Waals surface area contributed by atoms with Crippen molar-refractivity contribution < 1.29 is 9.53 Å². The highest BCUT2D eigenvalue weighted by Crippen LogP contribution is 2.13. The van der Waals surface area contributed by atoms with Crippen LogP contribution in [0.15, 0.2) is 6.20 Å². The summed E-state index contributed by atoms with van der Waals surface area (Å²) in [5.74, 6) is 0.500. The molecule has 1 atom stereocenters. The Bertz CT molecular complexity index is 352. The Morgan fingerprint density at radius 3 is 2.62 bits per heavy atom. The number of anilines is 1. The zero-order valence-electron chi connectivity index (χ0n) is 10.2. The lowest BCUT2D eigenvalue weighted by molar-refractivity contribution is -0.148. The maximum Gasteiger partial charge on any atom is 0.330 e. The van der Waals surface area contributed by atoms with Crippen molar-refractivity contribution in [1.29, 1.82) is 0 Å². The third kappa shape index (κ3) is 2.98. The molecule has 0 radical (unpaired) electrons. The molecule has 0 spiro atoms. The fraction of sp³-hybridized carbons (Fsp3) is 0.636. The second-order valence-electron chi connectivity index (χ2n) is 4.38. The molecule has 1 aromatic rings. The summed E-state index contributed by atoms with van der Waals surface area (Å²) >= 11 is 0. The minimum absolute atomic E-state index is 0.281. The third-order valence-electron chi connectivity index (χ3n) is 2.25. The predicted molar refractivity (Wildman–Crippen MR) is 61.9 cm³/mol. The Morgan fingerprint density at radius 1 is 1.56 bits per heavy atom. The smallest absolute Gasteiger partial charge is 0.330 e. The van der Waals surface area contributed by atoms with Gasteiger partial charge < -0.3 is 10.5 Å². The van der Waals surface area contributed by atoms with Gasteiger partial charge in [0.2, 0.25) is 0 Å². The van der Waals surface area contributed by atoms with E-state index < -0.39 is 6.04 Å². The molecule has 16 heavy (non-hydrogen) atoms. The van der Waals surface area contributed by atoms with Gasteiger partial charge in [-0.05, 0) is 19.8 Å². The number of esters is 1. The highest BCUT2D eigenvalue weighted by atomic mass is 16.5. The SMILES string of the molecule is Cc1cn(C(C)C(=O)OCC(C)C)nc1N. The van der Waals surface area contributed by atoms with Crippen LogP contribution in [-0.2, 0) is 9.53 Å². The first kappa shape index (κ1) is 12.5. The summed E-state index contributed by atoms with van der Waals surface area (Å²) in [7, 11) is 0. The molecule has 1 heterocycles. The van der Waals surface area contributed by atoms with E-state index in [1.165, 1.54) is 4.68 Å². The van der Waals surface area contributed by atoms with E-state index in [9.17, 15) is 4.79 Å². The predicted octanol–water partition coefficient (Wildman–Crippen LogP) is 1.53. The molecule has 0 aromatic carbocycles. The average Bonchev–Trinajstić information content (AvgIpc) is 2.54. The number of carbonyl (C=O) groups is 1. The Morgan fingerprint density at radius 2 is 2.19 bits per heavy atom. The molecule has 1 unspecified atom stereocenters. The lowest BCUT2D eigenvalue weighted by Crippen LogP contribution is -2.21. The van der Waals surface area contributed by atoms with Crippen LogP contribution in [0.3, 0.4) is 0 Å². The van der Waals surface area contributed by atoms with Crippen LogP contribution < -0.4 is 5.73 Å². The van der Waals surface area contributed by atoms with Crippen LogP contribution in [0.2, 0.25) is 0 Å². The van der Waals surface area contributed by atoms with Crippen LogP contribution >= 0.6 is 0 Å². The minimum atomic E-state index is -0.435. The van der Waals surface area contributed by atoms with Gasteiger partial charge in [-0.25, -0.2) is 4.79 Å². The van der Waals surface area contributed by atoms with Gasteiger partial charge in [0.15, 0.2) is 0 Å². The normalized spacial score (nSPS) is 12.8. The zero-order valence-corrected chi connectivity index (χ0v) is 10.2. The van der Waals surface area contributed by atoms with Crippen molar-refractivity contribution in [2.75, 3.05) is 12.3 Å². The number of nitrogens with zero attached hydrogens (tertiary/aromatic N) is 2. The Balaban J connectivity index is 2.63. The third-order valence-corrected chi connectivity index (χ3v) is 2.25. The van der Waals surface area contributed by atoms with Gasteiger partial charge in [-0.1, -0.05) is 13.8 Å². The first-order valence-corrected chi connectivity index (χ1v) is 5.39. The molecule has 0 aliphatic carbocycles. The molecule has 1 aromatic heterocycles. The van der Waals surface area contributed by atoms with E-state index in [1.54, 1.807) is 13.1 Å². The molecule has 5 heteroatoms. The second kappa shape index (κ2) is 5.01. The van der Waals surface area contributed by atoms with Gasteiger partial charge in [0, 0.05) is 11.8 Å². The maximum atomic E-state index is 11.6. The van der Waals surface area contributed by atoms with E-state index in [1.807, 2.05) is 20.8 Å². The standard InChI is InChI=1S/C11H19N3O2/c1-7(2)6-16-11(15)9(4)14-5-8(3)10(12)13-14/h5,7,9H,6H2,1-4H3,(H2,12,13). The first-order valence-electron chi connectivity index (χ1n) is 5.39. The summed E-state index contributed by atoms with van der Waals surface area (Å²) in [6.07, 6.45) is 1.75. The van der Waals surface area contributed by atoms with Gasteiger partial charge in [0.25, 0.3) is 0 Å². The van der Waals surface area contributed by atoms with E-state index in [4.69, 9.17) is 10.5 Å². The largest absolute Gasteiger partial charge is 0.464 e. The highest BCUT2D eigenvalue weighted by Gasteiger charge is 2.18. The molecule has 0 amide bonds. The van der Waals surface area contributed by atoms with Crippen LogP contribution in [0.4, 0.5) is 5.82 Å². The number of ether oxygens (including phenoxy) is 1. The summed E-state index contributed by atoms with van der Waals surface area (Å²) in [4.78, 5) is 11.6. The van der Waals surface area contributed by atoms with Crippen molar-refractivity contribution in [1.82, 2.24) is 9.78 Å². The molecular formula is C11H19N3O2. The quantitative estimate of drug-likeness (QED) is 0.789. The van der Waals surface area contributed by atoms with Crippen LogP contribution in [0.25, 0.3) is 0 Å². The number of nitrogens with two attached hydrogens (primary N) is 1. The van der Waals surface area contributed by atoms with Crippen molar-refractivity contribution >= 4 is 11.8 Å². The number of nitrogen functional groups attached to an aromatic ring is 1. The zero-order chi connectivity index (χ0) is 12.3. The van der Waals surface area contributed by atoms with Crippen molar-refractivity contribution in [2.45, 2.75) is 33.7 Å². The van der Waals surface area contributed by atoms with E-state index in [-0.39, 0.29) is 5.97 Å². The second-order valence-corrected chi connectivity index (χ2v) is 4.38. The van der Waals surface area contributed by atoms with Gasteiger partial charge in [-0.2, -0.15) is 5.10 Å². The highest BCUT2D eigenvalue weighted by molar-refractivity contribution is 5.73. The number of rotatable bonds is 4. The van der Waals surface area contributed by atoms with Crippen LogP contribution in [0.1, 0.15) is 32.4 Å². The maximum absolute atomic E-state index is 11.6. The number of aromatic nitrogens is 2. The van der Waals surface area contributed by atoms with Gasteiger partial charge in [-0.15, -0.1) is 0 Å². The summed E-state index contributed by atoms with van der Waals surface area (Å²) in [6.45, 7) is 8.01. The molecule has 0 saturated heterocycles.